The van der Waals surface area contributed by atoms with Gasteiger partial charge in [0.05, 0.1) is 6.10 Å². The van der Waals surface area contributed by atoms with Crippen molar-refractivity contribution in [3.8, 4) is 0 Å². The van der Waals surface area contributed by atoms with Gasteiger partial charge in [0.2, 0.25) is 0 Å². The molecular weight excluding hydrogens is 214 g/mol. The van der Waals surface area contributed by atoms with E-state index < -0.39 is 0 Å². The third kappa shape index (κ3) is 9.57. The van der Waals surface area contributed by atoms with Gasteiger partial charge in [-0.05, 0) is 25.7 Å². The SMILES string of the molecule is CCCCC(CC)COCCC(CN)OCC. The van der Waals surface area contributed by atoms with Crippen molar-refractivity contribution in [3.63, 3.8) is 0 Å². The maximum absolute atomic E-state index is 5.73. The minimum absolute atomic E-state index is 0.163. The van der Waals surface area contributed by atoms with E-state index >= 15 is 0 Å². The van der Waals surface area contributed by atoms with Crippen LogP contribution in [0.5, 0.6) is 0 Å². The molecule has 0 saturated carbocycles. The zero-order valence-corrected chi connectivity index (χ0v) is 11.9. The zero-order valence-electron chi connectivity index (χ0n) is 11.9. The van der Waals surface area contributed by atoms with Crippen LogP contribution < -0.4 is 5.73 Å². The van der Waals surface area contributed by atoms with E-state index in [0.717, 1.165) is 32.2 Å². The quantitative estimate of drug-likeness (QED) is 0.538. The average molecular weight is 245 g/mol. The van der Waals surface area contributed by atoms with Gasteiger partial charge in [0.15, 0.2) is 0 Å². The molecule has 2 N–H and O–H groups in total. The molecule has 0 amide bonds. The fourth-order valence-electron chi connectivity index (χ4n) is 1.87. The minimum Gasteiger partial charge on any atom is -0.381 e. The molecule has 0 aliphatic rings. The first kappa shape index (κ1) is 16.9. The molecule has 0 spiro atoms. The van der Waals surface area contributed by atoms with Gasteiger partial charge in [-0.2, -0.15) is 0 Å². The predicted molar refractivity (Wildman–Crippen MR) is 73.2 cm³/mol. The summed E-state index contributed by atoms with van der Waals surface area (Å²) in [5, 5.41) is 0. The van der Waals surface area contributed by atoms with Crippen molar-refractivity contribution >= 4 is 0 Å². The number of nitrogens with two attached hydrogens (primary N) is 1. The molecule has 2 unspecified atom stereocenters. The average Bonchev–Trinajstić information content (AvgIpc) is 2.36. The number of unbranched alkanes of at least 4 members (excludes halogenated alkanes) is 1. The molecule has 3 nitrogen and oxygen atoms in total. The summed E-state index contributed by atoms with van der Waals surface area (Å²) in [5.41, 5.74) is 5.61. The van der Waals surface area contributed by atoms with Crippen LogP contribution in [0.3, 0.4) is 0 Å². The Bertz CT molecular complexity index is 153. The van der Waals surface area contributed by atoms with Gasteiger partial charge in [0, 0.05) is 26.4 Å². The van der Waals surface area contributed by atoms with E-state index in [1.54, 1.807) is 0 Å². The summed E-state index contributed by atoms with van der Waals surface area (Å²) in [7, 11) is 0. The molecule has 0 aromatic carbocycles. The zero-order chi connectivity index (χ0) is 12.9. The van der Waals surface area contributed by atoms with Crippen LogP contribution in [0, 0.1) is 5.92 Å². The Balaban J connectivity index is 3.52. The third-order valence-electron chi connectivity index (χ3n) is 3.15. The summed E-state index contributed by atoms with van der Waals surface area (Å²) in [4.78, 5) is 0. The molecule has 2 atom stereocenters. The first-order chi connectivity index (χ1) is 8.28. The summed E-state index contributed by atoms with van der Waals surface area (Å²) in [6.45, 7) is 9.46. The van der Waals surface area contributed by atoms with Crippen LogP contribution in [0.1, 0.15) is 52.9 Å². The number of rotatable bonds is 12. The van der Waals surface area contributed by atoms with Gasteiger partial charge in [-0.15, -0.1) is 0 Å². The normalized spacial score (nSPS) is 14.8. The van der Waals surface area contributed by atoms with Crippen LogP contribution >= 0.6 is 0 Å². The maximum atomic E-state index is 5.73. The highest BCUT2D eigenvalue weighted by molar-refractivity contribution is 4.59. The fourth-order valence-corrected chi connectivity index (χ4v) is 1.87. The highest BCUT2D eigenvalue weighted by Crippen LogP contribution is 2.13. The second kappa shape index (κ2) is 12.3. The third-order valence-corrected chi connectivity index (χ3v) is 3.15. The Labute approximate surface area is 107 Å². The maximum Gasteiger partial charge on any atom is 0.0719 e. The Morgan fingerprint density at radius 3 is 2.41 bits per heavy atom. The lowest BCUT2D eigenvalue weighted by atomic mass is 10.0. The van der Waals surface area contributed by atoms with Gasteiger partial charge < -0.3 is 15.2 Å². The van der Waals surface area contributed by atoms with Crippen molar-refractivity contribution in [2.24, 2.45) is 11.7 Å². The van der Waals surface area contributed by atoms with Crippen LogP contribution in [-0.4, -0.2) is 32.5 Å². The molecule has 0 heterocycles. The van der Waals surface area contributed by atoms with E-state index in [1.807, 2.05) is 6.92 Å². The molecular formula is C14H31NO2. The monoisotopic (exact) mass is 245 g/mol. The lowest BCUT2D eigenvalue weighted by Crippen LogP contribution is -2.25. The molecule has 17 heavy (non-hydrogen) atoms. The van der Waals surface area contributed by atoms with E-state index in [-0.39, 0.29) is 6.10 Å². The molecule has 104 valence electrons. The first-order valence-electron chi connectivity index (χ1n) is 7.17. The minimum atomic E-state index is 0.163. The van der Waals surface area contributed by atoms with Gasteiger partial charge >= 0.3 is 0 Å². The molecule has 0 fully saturated rings. The number of hydrogen-bond acceptors (Lipinski definition) is 3. The van der Waals surface area contributed by atoms with Crippen LogP contribution in [0.2, 0.25) is 0 Å². The lowest BCUT2D eigenvalue weighted by Gasteiger charge is -2.17. The van der Waals surface area contributed by atoms with Crippen molar-refractivity contribution in [1.82, 2.24) is 0 Å². The highest BCUT2D eigenvalue weighted by atomic mass is 16.5. The van der Waals surface area contributed by atoms with E-state index in [9.17, 15) is 0 Å². The van der Waals surface area contributed by atoms with Gasteiger partial charge in [0.1, 0.15) is 0 Å². The molecule has 0 aliphatic carbocycles. The van der Waals surface area contributed by atoms with Crippen molar-refractivity contribution in [3.05, 3.63) is 0 Å². The van der Waals surface area contributed by atoms with Crippen molar-refractivity contribution in [1.29, 1.82) is 0 Å². The van der Waals surface area contributed by atoms with Crippen LogP contribution in [0.4, 0.5) is 0 Å². The van der Waals surface area contributed by atoms with Crippen molar-refractivity contribution < 1.29 is 9.47 Å². The van der Waals surface area contributed by atoms with E-state index in [0.29, 0.717) is 6.54 Å². The van der Waals surface area contributed by atoms with Crippen molar-refractivity contribution in [2.45, 2.75) is 59.0 Å². The smallest absolute Gasteiger partial charge is 0.0719 e. The number of hydrogen-bond donors (Lipinski definition) is 1. The second-order valence-electron chi connectivity index (χ2n) is 4.59. The summed E-state index contributed by atoms with van der Waals surface area (Å²) < 4.78 is 11.2. The first-order valence-corrected chi connectivity index (χ1v) is 7.17. The lowest BCUT2D eigenvalue weighted by molar-refractivity contribution is 0.0239. The standard InChI is InChI=1S/C14H31NO2/c1-4-7-8-13(5-2)12-16-10-9-14(11-15)17-6-3/h13-14H,4-12,15H2,1-3H3. The summed E-state index contributed by atoms with van der Waals surface area (Å²) >= 11 is 0. The molecule has 0 aromatic heterocycles. The van der Waals surface area contributed by atoms with Crippen LogP contribution in [0.15, 0.2) is 0 Å². The van der Waals surface area contributed by atoms with Crippen LogP contribution in [-0.2, 0) is 9.47 Å². The molecule has 0 saturated heterocycles. The van der Waals surface area contributed by atoms with Crippen LogP contribution in [0.25, 0.3) is 0 Å². The Kier molecular flexibility index (Phi) is 12.3. The molecule has 0 rings (SSSR count). The van der Waals surface area contributed by atoms with E-state index in [2.05, 4.69) is 13.8 Å². The van der Waals surface area contributed by atoms with Gasteiger partial charge in [-0.3, -0.25) is 0 Å². The number of ether oxygens (including phenoxy) is 2. The van der Waals surface area contributed by atoms with E-state index in [1.165, 1.54) is 25.7 Å². The molecule has 0 aromatic rings. The van der Waals surface area contributed by atoms with Gasteiger partial charge in [-0.1, -0.05) is 33.1 Å². The molecule has 0 radical (unpaired) electrons. The largest absolute Gasteiger partial charge is 0.381 e. The summed E-state index contributed by atoms with van der Waals surface area (Å²) in [6, 6.07) is 0. The van der Waals surface area contributed by atoms with Crippen molar-refractivity contribution in [2.75, 3.05) is 26.4 Å². The van der Waals surface area contributed by atoms with Gasteiger partial charge in [-0.25, -0.2) is 0 Å². The summed E-state index contributed by atoms with van der Waals surface area (Å²) in [5.74, 6) is 0.721. The Hall–Kier alpha value is -0.120. The second-order valence-corrected chi connectivity index (χ2v) is 4.59. The predicted octanol–water partition coefficient (Wildman–Crippen LogP) is 2.97. The highest BCUT2D eigenvalue weighted by Gasteiger charge is 2.08. The van der Waals surface area contributed by atoms with Gasteiger partial charge in [0.25, 0.3) is 0 Å². The molecule has 0 aliphatic heterocycles. The summed E-state index contributed by atoms with van der Waals surface area (Å²) in [6.07, 6.45) is 6.16. The topological polar surface area (TPSA) is 44.5 Å². The Morgan fingerprint density at radius 1 is 1.12 bits per heavy atom. The molecule has 0 bridgehead atoms. The Morgan fingerprint density at radius 2 is 1.88 bits per heavy atom. The molecule has 3 heteroatoms. The fraction of sp³-hybridized carbons (Fsp3) is 1.00. The van der Waals surface area contributed by atoms with E-state index in [4.69, 9.17) is 15.2 Å².